The summed E-state index contributed by atoms with van der Waals surface area (Å²) in [5.74, 6) is 0. The Morgan fingerprint density at radius 1 is 1.27 bits per heavy atom. The van der Waals surface area contributed by atoms with Crippen molar-refractivity contribution < 1.29 is 0 Å². The van der Waals surface area contributed by atoms with Crippen LogP contribution in [0.1, 0.15) is 17.2 Å². The van der Waals surface area contributed by atoms with E-state index in [-0.39, 0.29) is 6.04 Å². The lowest BCUT2D eigenvalue weighted by Crippen LogP contribution is -2.11. The Bertz CT molecular complexity index is 428. The topological polar surface area (TPSA) is 12.0 Å². The molecule has 0 radical (unpaired) electrons. The lowest BCUT2D eigenvalue weighted by Gasteiger charge is -2.14. The average Bonchev–Trinajstić information content (AvgIpc) is 2.72. The number of hydrogen-bond donors (Lipinski definition) is 2. The number of benzene rings is 1. The molecule has 2 aromatic rings. The molecule has 0 aliphatic carbocycles. The predicted molar refractivity (Wildman–Crippen MR) is 72.4 cm³/mol. The Hall–Kier alpha value is -0.290. The Labute approximate surface area is 107 Å². The quantitative estimate of drug-likeness (QED) is 0.815. The average molecular weight is 300 g/mol. The summed E-state index contributed by atoms with van der Waals surface area (Å²) in [6.45, 7) is 0. The van der Waals surface area contributed by atoms with Gasteiger partial charge >= 0.3 is 0 Å². The third kappa shape index (κ3) is 2.64. The molecular formula is C11H10BrNS2. The minimum absolute atomic E-state index is 0.150. The molecule has 0 aliphatic heterocycles. The van der Waals surface area contributed by atoms with Gasteiger partial charge in [-0.2, -0.15) is 11.3 Å². The van der Waals surface area contributed by atoms with E-state index in [1.54, 1.807) is 11.3 Å². The van der Waals surface area contributed by atoms with Gasteiger partial charge in [-0.1, -0.05) is 40.9 Å². The number of rotatable bonds is 3. The van der Waals surface area contributed by atoms with Crippen LogP contribution >= 0.6 is 40.1 Å². The Morgan fingerprint density at radius 3 is 2.73 bits per heavy atom. The summed E-state index contributed by atoms with van der Waals surface area (Å²) in [6, 6.07) is 10.5. The SMILES string of the molecule is SNC(c1ccsc1)c1cccc(Br)c1. The number of hydrogen-bond acceptors (Lipinski definition) is 3. The van der Waals surface area contributed by atoms with Gasteiger partial charge in [0.05, 0.1) is 6.04 Å². The van der Waals surface area contributed by atoms with Crippen molar-refractivity contribution in [1.29, 1.82) is 0 Å². The summed E-state index contributed by atoms with van der Waals surface area (Å²) >= 11 is 9.36. The van der Waals surface area contributed by atoms with Gasteiger partial charge < -0.3 is 0 Å². The van der Waals surface area contributed by atoms with Crippen LogP contribution in [0.4, 0.5) is 0 Å². The van der Waals surface area contributed by atoms with E-state index >= 15 is 0 Å². The van der Waals surface area contributed by atoms with Gasteiger partial charge in [0.1, 0.15) is 0 Å². The van der Waals surface area contributed by atoms with Gasteiger partial charge in [-0.05, 0) is 40.1 Å². The van der Waals surface area contributed by atoms with Crippen molar-refractivity contribution in [3.63, 3.8) is 0 Å². The summed E-state index contributed by atoms with van der Waals surface area (Å²) in [5, 5.41) is 4.21. The van der Waals surface area contributed by atoms with Crippen molar-refractivity contribution in [2.75, 3.05) is 0 Å². The highest BCUT2D eigenvalue weighted by atomic mass is 79.9. The van der Waals surface area contributed by atoms with Crippen molar-refractivity contribution in [1.82, 2.24) is 4.72 Å². The van der Waals surface area contributed by atoms with Crippen molar-refractivity contribution in [3.8, 4) is 0 Å². The van der Waals surface area contributed by atoms with E-state index in [1.165, 1.54) is 11.1 Å². The van der Waals surface area contributed by atoms with Gasteiger partial charge in [0.25, 0.3) is 0 Å². The molecule has 1 unspecified atom stereocenters. The number of thiophene rings is 1. The fraction of sp³-hybridized carbons (Fsp3) is 0.0909. The highest BCUT2D eigenvalue weighted by Crippen LogP contribution is 2.26. The molecular weight excluding hydrogens is 290 g/mol. The Morgan fingerprint density at radius 2 is 2.13 bits per heavy atom. The van der Waals surface area contributed by atoms with Crippen LogP contribution < -0.4 is 4.72 Å². The highest BCUT2D eigenvalue weighted by molar-refractivity contribution is 9.10. The van der Waals surface area contributed by atoms with Crippen LogP contribution in [0, 0.1) is 0 Å². The van der Waals surface area contributed by atoms with Crippen LogP contribution in [-0.2, 0) is 0 Å². The van der Waals surface area contributed by atoms with Crippen LogP contribution in [0.25, 0.3) is 0 Å². The molecule has 1 aromatic heterocycles. The molecule has 1 heterocycles. The van der Waals surface area contributed by atoms with Crippen molar-refractivity contribution in [2.24, 2.45) is 0 Å². The smallest absolute Gasteiger partial charge is 0.0677 e. The number of nitrogens with one attached hydrogen (secondary N) is 1. The van der Waals surface area contributed by atoms with Crippen molar-refractivity contribution in [3.05, 3.63) is 56.7 Å². The first-order valence-corrected chi connectivity index (χ1v) is 6.67. The summed E-state index contributed by atoms with van der Waals surface area (Å²) in [5.41, 5.74) is 2.45. The molecule has 0 fully saturated rings. The zero-order valence-electron chi connectivity index (χ0n) is 7.85. The van der Waals surface area contributed by atoms with Gasteiger partial charge in [-0.25, -0.2) is 0 Å². The molecule has 78 valence electrons. The van der Waals surface area contributed by atoms with Gasteiger partial charge in [0.15, 0.2) is 0 Å². The predicted octanol–water partition coefficient (Wildman–Crippen LogP) is 4.03. The molecule has 0 spiro atoms. The van der Waals surface area contributed by atoms with E-state index in [0.29, 0.717) is 0 Å². The lowest BCUT2D eigenvalue weighted by atomic mass is 10.0. The van der Waals surface area contributed by atoms with Gasteiger partial charge in [0, 0.05) is 4.47 Å². The third-order valence-corrected chi connectivity index (χ3v) is 3.64. The molecule has 4 heteroatoms. The Kier molecular flexibility index (Phi) is 3.86. The summed E-state index contributed by atoms with van der Waals surface area (Å²) in [6.07, 6.45) is 0. The van der Waals surface area contributed by atoms with Crippen molar-refractivity contribution in [2.45, 2.75) is 6.04 Å². The van der Waals surface area contributed by atoms with Crippen LogP contribution in [0.3, 0.4) is 0 Å². The molecule has 0 amide bonds. The van der Waals surface area contributed by atoms with Crippen LogP contribution in [0.5, 0.6) is 0 Å². The van der Waals surface area contributed by atoms with E-state index in [1.807, 2.05) is 12.1 Å². The maximum atomic E-state index is 4.19. The normalized spacial score (nSPS) is 12.7. The zero-order chi connectivity index (χ0) is 10.7. The molecule has 1 N–H and O–H groups in total. The largest absolute Gasteiger partial charge is 0.255 e. The standard InChI is InChI=1S/C11H10BrNS2/c12-10-3-1-2-8(6-10)11(13-14)9-4-5-15-7-9/h1-7,11,13-14H. The minimum Gasteiger partial charge on any atom is -0.255 e. The second-order valence-corrected chi connectivity index (χ2v) is 5.13. The van der Waals surface area contributed by atoms with Crippen molar-refractivity contribution >= 4 is 40.1 Å². The van der Waals surface area contributed by atoms with E-state index in [4.69, 9.17) is 0 Å². The first-order valence-electron chi connectivity index (χ1n) is 4.48. The second kappa shape index (κ2) is 5.16. The van der Waals surface area contributed by atoms with Gasteiger partial charge in [-0.15, -0.1) is 0 Å². The van der Waals surface area contributed by atoms with Gasteiger partial charge in [0.2, 0.25) is 0 Å². The monoisotopic (exact) mass is 299 g/mol. The molecule has 15 heavy (non-hydrogen) atoms. The van der Waals surface area contributed by atoms with E-state index in [9.17, 15) is 0 Å². The molecule has 2 rings (SSSR count). The second-order valence-electron chi connectivity index (χ2n) is 3.17. The molecule has 1 nitrogen and oxygen atoms in total. The third-order valence-electron chi connectivity index (χ3n) is 2.19. The molecule has 0 bridgehead atoms. The molecule has 0 saturated heterocycles. The summed E-state index contributed by atoms with van der Waals surface area (Å²) < 4.78 is 4.12. The molecule has 1 aromatic carbocycles. The highest BCUT2D eigenvalue weighted by Gasteiger charge is 2.12. The zero-order valence-corrected chi connectivity index (χ0v) is 11.1. The fourth-order valence-electron chi connectivity index (χ4n) is 1.47. The summed E-state index contributed by atoms with van der Waals surface area (Å²) in [7, 11) is 0. The minimum atomic E-state index is 0.150. The van der Waals surface area contributed by atoms with Gasteiger partial charge in [-0.3, -0.25) is 4.72 Å². The number of thiol groups is 1. The summed E-state index contributed by atoms with van der Waals surface area (Å²) in [4.78, 5) is 0. The molecule has 0 aliphatic rings. The first kappa shape index (κ1) is 11.2. The van der Waals surface area contributed by atoms with Crippen LogP contribution in [0.15, 0.2) is 45.6 Å². The molecule has 0 saturated carbocycles. The lowest BCUT2D eigenvalue weighted by molar-refractivity contribution is 0.812. The van der Waals surface area contributed by atoms with E-state index in [2.05, 4.69) is 62.4 Å². The first-order chi connectivity index (χ1) is 7.31. The van der Waals surface area contributed by atoms with Crippen LogP contribution in [0.2, 0.25) is 0 Å². The number of halogens is 1. The van der Waals surface area contributed by atoms with Crippen LogP contribution in [-0.4, -0.2) is 0 Å². The Balaban J connectivity index is 2.35. The van der Waals surface area contributed by atoms with E-state index in [0.717, 1.165) is 4.47 Å². The van der Waals surface area contributed by atoms with E-state index < -0.39 is 0 Å². The fourth-order valence-corrected chi connectivity index (χ4v) is 2.87. The molecule has 1 atom stereocenters. The maximum absolute atomic E-state index is 4.19. The maximum Gasteiger partial charge on any atom is 0.0677 e.